The first-order valence-electron chi connectivity index (χ1n) is 9.26. The van der Waals surface area contributed by atoms with E-state index in [2.05, 4.69) is 19.1 Å². The zero-order valence-electron chi connectivity index (χ0n) is 14.6. The maximum atomic E-state index is 10.4. The van der Waals surface area contributed by atoms with Gasteiger partial charge in [-0.15, -0.1) is 0 Å². The van der Waals surface area contributed by atoms with E-state index in [1.807, 2.05) is 0 Å². The monoisotopic (exact) mass is 326 g/mol. The van der Waals surface area contributed by atoms with E-state index in [4.69, 9.17) is 9.84 Å². The Labute approximate surface area is 140 Å². The fourth-order valence-electron chi connectivity index (χ4n) is 3.16. The van der Waals surface area contributed by atoms with Crippen LogP contribution in [0.25, 0.3) is 0 Å². The minimum absolute atomic E-state index is 0.158. The van der Waals surface area contributed by atoms with Gasteiger partial charge in [0.05, 0.1) is 12.7 Å². The highest BCUT2D eigenvalue weighted by molar-refractivity contribution is 5.66. The Morgan fingerprint density at radius 1 is 1.17 bits per heavy atom. The molecule has 0 aromatic carbocycles. The molecule has 0 aliphatic carbocycles. The highest BCUT2D eigenvalue weighted by Gasteiger charge is 2.27. The first-order valence-corrected chi connectivity index (χ1v) is 9.26. The maximum Gasteiger partial charge on any atom is 0.303 e. The number of hydrogen-bond donors (Lipinski definition) is 2. The van der Waals surface area contributed by atoms with Crippen molar-refractivity contribution in [2.45, 2.75) is 77.2 Å². The predicted molar refractivity (Wildman–Crippen MR) is 92.4 cm³/mol. The SMILES string of the molecule is CCCCCC(O)CC[C@@H]1COC[C@@H]1C/C=C\CCCC(=O)O. The van der Waals surface area contributed by atoms with Gasteiger partial charge in [-0.2, -0.15) is 0 Å². The number of rotatable bonds is 13. The third-order valence-electron chi connectivity index (χ3n) is 4.71. The van der Waals surface area contributed by atoms with Crippen LogP contribution in [0.3, 0.4) is 0 Å². The Hall–Kier alpha value is -0.870. The molecule has 0 saturated carbocycles. The average molecular weight is 326 g/mol. The molecule has 2 N–H and O–H groups in total. The molecule has 0 spiro atoms. The molecule has 0 radical (unpaired) electrons. The minimum atomic E-state index is -0.722. The van der Waals surface area contributed by atoms with Crippen molar-refractivity contribution < 1.29 is 19.7 Å². The van der Waals surface area contributed by atoms with Gasteiger partial charge in [-0.05, 0) is 50.4 Å². The lowest BCUT2D eigenvalue weighted by atomic mass is 9.87. The van der Waals surface area contributed by atoms with E-state index in [0.717, 1.165) is 51.7 Å². The van der Waals surface area contributed by atoms with Crippen molar-refractivity contribution in [2.24, 2.45) is 11.8 Å². The van der Waals surface area contributed by atoms with Crippen LogP contribution in [-0.4, -0.2) is 35.5 Å². The lowest BCUT2D eigenvalue weighted by molar-refractivity contribution is -0.137. The van der Waals surface area contributed by atoms with Gasteiger partial charge in [-0.1, -0.05) is 38.3 Å². The van der Waals surface area contributed by atoms with Crippen molar-refractivity contribution in [3.63, 3.8) is 0 Å². The predicted octanol–water partition coefficient (Wildman–Crippen LogP) is 4.17. The van der Waals surface area contributed by atoms with Crippen LogP contribution in [-0.2, 0) is 9.53 Å². The number of hydrogen-bond acceptors (Lipinski definition) is 3. The molecular formula is C19H34O4. The third kappa shape index (κ3) is 9.77. The quantitative estimate of drug-likeness (QED) is 0.394. The highest BCUT2D eigenvalue weighted by Crippen LogP contribution is 2.29. The van der Waals surface area contributed by atoms with Gasteiger partial charge in [0.1, 0.15) is 0 Å². The minimum Gasteiger partial charge on any atom is -0.481 e. The molecule has 3 atom stereocenters. The van der Waals surface area contributed by atoms with E-state index in [9.17, 15) is 9.90 Å². The van der Waals surface area contributed by atoms with Crippen LogP contribution in [0, 0.1) is 11.8 Å². The molecule has 1 aliphatic rings. The number of aliphatic carboxylic acids is 1. The standard InChI is InChI=1S/C19H34O4/c1-2-3-6-10-18(20)13-12-17-15-23-14-16(17)9-7-4-5-8-11-19(21)22/h4,7,16-18,20H,2-3,5-6,8-15H2,1H3,(H,21,22)/b7-4-/t16-,17+,18?/m0/s1. The Balaban J connectivity index is 2.15. The number of carboxylic acids is 1. The van der Waals surface area contributed by atoms with E-state index < -0.39 is 5.97 Å². The molecule has 4 heteroatoms. The summed E-state index contributed by atoms with van der Waals surface area (Å²) in [5.41, 5.74) is 0. The van der Waals surface area contributed by atoms with Crippen LogP contribution < -0.4 is 0 Å². The van der Waals surface area contributed by atoms with Crippen LogP contribution >= 0.6 is 0 Å². The van der Waals surface area contributed by atoms with Crippen LogP contribution in [0.2, 0.25) is 0 Å². The zero-order chi connectivity index (χ0) is 16.9. The molecule has 0 bridgehead atoms. The molecule has 1 aliphatic heterocycles. The van der Waals surface area contributed by atoms with Gasteiger partial charge in [0.25, 0.3) is 0 Å². The molecular weight excluding hydrogens is 292 g/mol. The summed E-state index contributed by atoms with van der Waals surface area (Å²) in [5.74, 6) is 0.383. The number of allylic oxidation sites excluding steroid dienone is 2. The van der Waals surface area contributed by atoms with Crippen molar-refractivity contribution >= 4 is 5.97 Å². The number of ether oxygens (including phenoxy) is 1. The van der Waals surface area contributed by atoms with Crippen molar-refractivity contribution in [3.05, 3.63) is 12.2 Å². The molecule has 0 amide bonds. The van der Waals surface area contributed by atoms with Crippen LogP contribution in [0.5, 0.6) is 0 Å². The molecule has 23 heavy (non-hydrogen) atoms. The topological polar surface area (TPSA) is 66.8 Å². The van der Waals surface area contributed by atoms with E-state index in [1.54, 1.807) is 0 Å². The number of carboxylic acid groups (broad SMARTS) is 1. The van der Waals surface area contributed by atoms with Gasteiger partial charge in [-0.25, -0.2) is 0 Å². The fraction of sp³-hybridized carbons (Fsp3) is 0.842. The zero-order valence-corrected chi connectivity index (χ0v) is 14.6. The third-order valence-corrected chi connectivity index (χ3v) is 4.71. The summed E-state index contributed by atoms with van der Waals surface area (Å²) in [6.45, 7) is 3.82. The summed E-state index contributed by atoms with van der Waals surface area (Å²) >= 11 is 0. The second-order valence-corrected chi connectivity index (χ2v) is 6.78. The molecule has 0 aromatic heterocycles. The smallest absolute Gasteiger partial charge is 0.303 e. The van der Waals surface area contributed by atoms with Crippen molar-refractivity contribution in [1.29, 1.82) is 0 Å². The van der Waals surface area contributed by atoms with Gasteiger partial charge in [0, 0.05) is 13.0 Å². The number of unbranched alkanes of at least 4 members (excludes halogenated alkanes) is 3. The summed E-state index contributed by atoms with van der Waals surface area (Å²) in [7, 11) is 0. The van der Waals surface area contributed by atoms with Gasteiger partial charge in [-0.3, -0.25) is 4.79 Å². The number of aliphatic hydroxyl groups is 1. The van der Waals surface area contributed by atoms with Crippen LogP contribution in [0.15, 0.2) is 12.2 Å². The van der Waals surface area contributed by atoms with Crippen molar-refractivity contribution in [1.82, 2.24) is 0 Å². The van der Waals surface area contributed by atoms with Gasteiger partial charge < -0.3 is 14.9 Å². The second kappa shape index (κ2) is 12.5. The Kier molecular flexibility index (Phi) is 11.0. The number of carbonyl (C=O) groups is 1. The van der Waals surface area contributed by atoms with Crippen molar-refractivity contribution in [3.8, 4) is 0 Å². The second-order valence-electron chi connectivity index (χ2n) is 6.78. The van der Waals surface area contributed by atoms with E-state index in [-0.39, 0.29) is 12.5 Å². The summed E-state index contributed by atoms with van der Waals surface area (Å²) < 4.78 is 5.62. The molecule has 1 saturated heterocycles. The van der Waals surface area contributed by atoms with Crippen LogP contribution in [0.1, 0.15) is 71.1 Å². The van der Waals surface area contributed by atoms with Gasteiger partial charge >= 0.3 is 5.97 Å². The van der Waals surface area contributed by atoms with E-state index in [0.29, 0.717) is 18.3 Å². The molecule has 1 unspecified atom stereocenters. The molecule has 1 heterocycles. The van der Waals surface area contributed by atoms with Gasteiger partial charge in [0.15, 0.2) is 0 Å². The summed E-state index contributed by atoms with van der Waals surface area (Å²) in [5, 5.41) is 18.6. The number of aliphatic hydroxyl groups excluding tert-OH is 1. The first-order chi connectivity index (χ1) is 11.1. The molecule has 134 valence electrons. The Morgan fingerprint density at radius 3 is 2.70 bits per heavy atom. The lowest BCUT2D eigenvalue weighted by Gasteiger charge is -2.18. The summed E-state index contributed by atoms with van der Waals surface area (Å²) in [6, 6.07) is 0. The Morgan fingerprint density at radius 2 is 1.96 bits per heavy atom. The molecule has 1 rings (SSSR count). The molecule has 1 fully saturated rings. The average Bonchev–Trinajstić information content (AvgIpc) is 2.96. The molecule has 4 nitrogen and oxygen atoms in total. The van der Waals surface area contributed by atoms with E-state index >= 15 is 0 Å². The maximum absolute atomic E-state index is 10.4. The Bertz CT molecular complexity index is 340. The van der Waals surface area contributed by atoms with Crippen LogP contribution in [0.4, 0.5) is 0 Å². The molecule has 0 aromatic rings. The van der Waals surface area contributed by atoms with Crippen molar-refractivity contribution in [2.75, 3.05) is 13.2 Å². The van der Waals surface area contributed by atoms with Gasteiger partial charge in [0.2, 0.25) is 0 Å². The summed E-state index contributed by atoms with van der Waals surface area (Å²) in [4.78, 5) is 10.4. The lowest BCUT2D eigenvalue weighted by Crippen LogP contribution is -2.15. The first kappa shape index (κ1) is 20.2. The normalized spacial score (nSPS) is 22.7. The largest absolute Gasteiger partial charge is 0.481 e. The van der Waals surface area contributed by atoms with E-state index in [1.165, 1.54) is 12.8 Å². The summed E-state index contributed by atoms with van der Waals surface area (Å²) in [6.07, 6.45) is 13.3. The fourth-order valence-corrected chi connectivity index (χ4v) is 3.16. The highest BCUT2D eigenvalue weighted by atomic mass is 16.5.